The molecule has 0 aromatic heterocycles. The van der Waals surface area contributed by atoms with E-state index in [9.17, 15) is 18.8 Å². The SMILES string of the molecule is COc1ccc(CN(C)C(=O)CCN2C(=O)C3CCCCC3C2=O)cc1F. The van der Waals surface area contributed by atoms with E-state index in [1.165, 1.54) is 29.0 Å². The highest BCUT2D eigenvalue weighted by Gasteiger charge is 2.47. The Hall–Kier alpha value is -2.44. The normalized spacial score (nSPS) is 22.0. The number of halogens is 1. The second kappa shape index (κ2) is 8.06. The Labute approximate surface area is 158 Å². The Morgan fingerprint density at radius 3 is 2.41 bits per heavy atom. The summed E-state index contributed by atoms with van der Waals surface area (Å²) in [4.78, 5) is 40.0. The quantitative estimate of drug-likeness (QED) is 0.715. The van der Waals surface area contributed by atoms with Crippen LogP contribution in [0.4, 0.5) is 4.39 Å². The minimum absolute atomic E-state index is 0.0755. The lowest BCUT2D eigenvalue weighted by atomic mass is 9.81. The number of carbonyl (C=O) groups excluding carboxylic acids is 3. The second-order valence-electron chi connectivity index (χ2n) is 7.29. The fourth-order valence-electron chi connectivity index (χ4n) is 4.02. The average molecular weight is 376 g/mol. The van der Waals surface area contributed by atoms with Gasteiger partial charge in [0.05, 0.1) is 18.9 Å². The third-order valence-corrected chi connectivity index (χ3v) is 5.54. The number of hydrogen-bond acceptors (Lipinski definition) is 4. The number of benzene rings is 1. The molecule has 1 aliphatic heterocycles. The highest BCUT2D eigenvalue weighted by molar-refractivity contribution is 6.05. The van der Waals surface area contributed by atoms with E-state index in [0.29, 0.717) is 5.56 Å². The standard InChI is InChI=1S/C20H25FN2O4/c1-22(12-13-7-8-17(27-2)16(21)11-13)18(24)9-10-23-19(25)14-5-3-4-6-15(14)20(23)26/h7-8,11,14-15H,3-6,9-10,12H2,1-2H3. The number of ether oxygens (including phenoxy) is 1. The minimum atomic E-state index is -0.480. The Morgan fingerprint density at radius 2 is 1.85 bits per heavy atom. The predicted molar refractivity (Wildman–Crippen MR) is 96.2 cm³/mol. The van der Waals surface area contributed by atoms with Gasteiger partial charge in [0.2, 0.25) is 17.7 Å². The van der Waals surface area contributed by atoms with Crippen molar-refractivity contribution in [3.63, 3.8) is 0 Å². The maximum absolute atomic E-state index is 13.8. The number of carbonyl (C=O) groups is 3. The molecule has 1 aromatic rings. The van der Waals surface area contributed by atoms with Crippen LogP contribution >= 0.6 is 0 Å². The molecule has 6 nitrogen and oxygen atoms in total. The fraction of sp³-hybridized carbons (Fsp3) is 0.550. The van der Waals surface area contributed by atoms with Gasteiger partial charge in [0.1, 0.15) is 0 Å². The van der Waals surface area contributed by atoms with Crippen molar-refractivity contribution in [1.29, 1.82) is 0 Å². The molecule has 2 fully saturated rings. The average Bonchev–Trinajstić information content (AvgIpc) is 2.91. The van der Waals surface area contributed by atoms with Gasteiger partial charge in [-0.2, -0.15) is 0 Å². The summed E-state index contributed by atoms with van der Waals surface area (Å²) in [6, 6.07) is 4.55. The Morgan fingerprint density at radius 1 is 1.22 bits per heavy atom. The lowest BCUT2D eigenvalue weighted by Crippen LogP contribution is -2.36. The second-order valence-corrected chi connectivity index (χ2v) is 7.29. The van der Waals surface area contributed by atoms with E-state index < -0.39 is 5.82 Å². The topological polar surface area (TPSA) is 66.9 Å². The van der Waals surface area contributed by atoms with Crippen LogP contribution in [-0.2, 0) is 20.9 Å². The number of nitrogens with zero attached hydrogens (tertiary/aromatic N) is 2. The zero-order valence-electron chi connectivity index (χ0n) is 15.7. The summed E-state index contributed by atoms with van der Waals surface area (Å²) >= 11 is 0. The number of fused-ring (bicyclic) bond motifs is 1. The third-order valence-electron chi connectivity index (χ3n) is 5.54. The van der Waals surface area contributed by atoms with E-state index in [0.717, 1.165) is 25.7 Å². The Bertz CT molecular complexity index is 727. The van der Waals surface area contributed by atoms with Crippen LogP contribution in [0.5, 0.6) is 5.75 Å². The van der Waals surface area contributed by atoms with Crippen molar-refractivity contribution >= 4 is 17.7 Å². The smallest absolute Gasteiger partial charge is 0.233 e. The summed E-state index contributed by atoms with van der Waals surface area (Å²) in [6.45, 7) is 0.359. The van der Waals surface area contributed by atoms with Crippen LogP contribution in [0.3, 0.4) is 0 Å². The molecule has 146 valence electrons. The van der Waals surface area contributed by atoms with Crippen LogP contribution in [0.2, 0.25) is 0 Å². The van der Waals surface area contributed by atoms with Gasteiger partial charge < -0.3 is 9.64 Å². The maximum atomic E-state index is 13.8. The molecule has 1 saturated carbocycles. The summed E-state index contributed by atoms with van der Waals surface area (Å²) in [7, 11) is 3.02. The first kappa shape index (κ1) is 19.3. The van der Waals surface area contributed by atoms with Crippen molar-refractivity contribution in [1.82, 2.24) is 9.80 Å². The van der Waals surface area contributed by atoms with E-state index in [-0.39, 0.29) is 54.8 Å². The van der Waals surface area contributed by atoms with Crippen molar-refractivity contribution in [2.24, 2.45) is 11.8 Å². The van der Waals surface area contributed by atoms with Gasteiger partial charge in [0.15, 0.2) is 11.6 Å². The predicted octanol–water partition coefficient (Wildman–Crippen LogP) is 2.36. The Balaban J connectivity index is 1.55. The molecule has 27 heavy (non-hydrogen) atoms. The molecular formula is C20H25FN2O4. The first-order chi connectivity index (χ1) is 12.9. The molecule has 2 atom stereocenters. The van der Waals surface area contributed by atoms with E-state index in [4.69, 9.17) is 4.74 Å². The van der Waals surface area contributed by atoms with Crippen molar-refractivity contribution in [3.8, 4) is 5.75 Å². The zero-order valence-corrected chi connectivity index (χ0v) is 15.7. The lowest BCUT2D eigenvalue weighted by Gasteiger charge is -2.20. The van der Waals surface area contributed by atoms with Crippen molar-refractivity contribution in [2.45, 2.75) is 38.6 Å². The van der Waals surface area contributed by atoms with Gasteiger partial charge in [0, 0.05) is 26.6 Å². The minimum Gasteiger partial charge on any atom is -0.494 e. The number of methoxy groups -OCH3 is 1. The molecule has 1 aliphatic carbocycles. The maximum Gasteiger partial charge on any atom is 0.233 e. The molecule has 0 spiro atoms. The molecule has 0 bridgehead atoms. The first-order valence-corrected chi connectivity index (χ1v) is 9.34. The third kappa shape index (κ3) is 3.96. The van der Waals surface area contributed by atoms with Crippen molar-refractivity contribution in [3.05, 3.63) is 29.6 Å². The van der Waals surface area contributed by atoms with E-state index >= 15 is 0 Å². The van der Waals surface area contributed by atoms with Crippen molar-refractivity contribution in [2.75, 3.05) is 20.7 Å². The van der Waals surface area contributed by atoms with Crippen LogP contribution in [-0.4, -0.2) is 48.2 Å². The van der Waals surface area contributed by atoms with Crippen LogP contribution < -0.4 is 4.74 Å². The molecule has 3 rings (SSSR count). The molecule has 3 amide bonds. The number of imide groups is 1. The molecule has 0 N–H and O–H groups in total. The van der Waals surface area contributed by atoms with Gasteiger partial charge in [-0.25, -0.2) is 4.39 Å². The molecule has 2 unspecified atom stereocenters. The molecule has 1 saturated heterocycles. The van der Waals surface area contributed by atoms with Crippen LogP contribution in [0, 0.1) is 17.7 Å². The van der Waals surface area contributed by atoms with Crippen LogP contribution in [0.25, 0.3) is 0 Å². The number of rotatable bonds is 6. The fourth-order valence-corrected chi connectivity index (χ4v) is 4.02. The number of amides is 3. The first-order valence-electron chi connectivity index (χ1n) is 9.34. The van der Waals surface area contributed by atoms with Crippen LogP contribution in [0.15, 0.2) is 18.2 Å². The lowest BCUT2D eigenvalue weighted by molar-refractivity contribution is -0.140. The van der Waals surface area contributed by atoms with E-state index in [1.54, 1.807) is 13.1 Å². The zero-order chi connectivity index (χ0) is 19.6. The molecule has 7 heteroatoms. The molecule has 1 heterocycles. The van der Waals surface area contributed by atoms with Crippen LogP contribution in [0.1, 0.15) is 37.7 Å². The largest absolute Gasteiger partial charge is 0.494 e. The summed E-state index contributed by atoms with van der Waals surface area (Å²) in [5, 5.41) is 0. The number of hydrogen-bond donors (Lipinski definition) is 0. The van der Waals surface area contributed by atoms with Crippen molar-refractivity contribution < 1.29 is 23.5 Å². The highest BCUT2D eigenvalue weighted by atomic mass is 19.1. The van der Waals surface area contributed by atoms with Gasteiger partial charge in [-0.1, -0.05) is 18.9 Å². The summed E-state index contributed by atoms with van der Waals surface area (Å²) in [5.41, 5.74) is 0.642. The summed E-state index contributed by atoms with van der Waals surface area (Å²) in [5.74, 6) is -1.16. The molecule has 2 aliphatic rings. The molecule has 1 aromatic carbocycles. The van der Waals surface area contributed by atoms with Gasteiger partial charge in [-0.3, -0.25) is 19.3 Å². The summed E-state index contributed by atoms with van der Waals surface area (Å²) < 4.78 is 18.7. The monoisotopic (exact) mass is 376 g/mol. The molecular weight excluding hydrogens is 351 g/mol. The van der Waals surface area contributed by atoms with Gasteiger partial charge in [-0.05, 0) is 30.5 Å². The molecule has 0 radical (unpaired) electrons. The van der Waals surface area contributed by atoms with Gasteiger partial charge in [0.25, 0.3) is 0 Å². The van der Waals surface area contributed by atoms with Gasteiger partial charge >= 0.3 is 0 Å². The summed E-state index contributed by atoms with van der Waals surface area (Å²) in [6.07, 6.45) is 3.57. The highest BCUT2D eigenvalue weighted by Crippen LogP contribution is 2.38. The van der Waals surface area contributed by atoms with E-state index in [2.05, 4.69) is 0 Å². The Kier molecular flexibility index (Phi) is 5.77. The number of likely N-dealkylation sites (tertiary alicyclic amines) is 1. The van der Waals surface area contributed by atoms with Gasteiger partial charge in [-0.15, -0.1) is 0 Å². The van der Waals surface area contributed by atoms with E-state index in [1.807, 2.05) is 0 Å².